The Hall–Kier alpha value is -3.68. The van der Waals surface area contributed by atoms with Gasteiger partial charge in [0.1, 0.15) is 17.5 Å². The highest BCUT2D eigenvalue weighted by molar-refractivity contribution is 6.09. The van der Waals surface area contributed by atoms with Crippen molar-refractivity contribution in [2.75, 3.05) is 6.54 Å². The quantitative estimate of drug-likeness (QED) is 0.564. The number of hydrogen-bond donors (Lipinski definition) is 3. The zero-order valence-electron chi connectivity index (χ0n) is 16.7. The molecule has 0 bridgehead atoms. The van der Waals surface area contributed by atoms with Crippen molar-refractivity contribution in [2.24, 2.45) is 0 Å². The molecule has 3 aromatic rings. The zero-order valence-corrected chi connectivity index (χ0v) is 16.7. The van der Waals surface area contributed by atoms with Crippen molar-refractivity contribution in [1.82, 2.24) is 20.4 Å². The van der Waals surface area contributed by atoms with Crippen LogP contribution in [0.4, 0.5) is 0 Å². The summed E-state index contributed by atoms with van der Waals surface area (Å²) in [5.41, 5.74) is 2.36. The Morgan fingerprint density at radius 2 is 2.00 bits per heavy atom. The van der Waals surface area contributed by atoms with Crippen LogP contribution < -0.4 is 5.32 Å². The van der Waals surface area contributed by atoms with E-state index in [0.29, 0.717) is 17.4 Å². The number of benzene rings is 2. The van der Waals surface area contributed by atoms with Gasteiger partial charge in [0.15, 0.2) is 5.78 Å². The maximum absolute atomic E-state index is 13.4. The van der Waals surface area contributed by atoms with Gasteiger partial charge in [-0.05, 0) is 24.1 Å². The molecule has 2 aromatic carbocycles. The van der Waals surface area contributed by atoms with Crippen LogP contribution in [0.2, 0.25) is 0 Å². The van der Waals surface area contributed by atoms with Crippen LogP contribution in [-0.4, -0.2) is 44.3 Å². The summed E-state index contributed by atoms with van der Waals surface area (Å²) >= 11 is 0. The van der Waals surface area contributed by atoms with E-state index in [1.54, 1.807) is 6.92 Å². The molecule has 2 heterocycles. The lowest BCUT2D eigenvalue weighted by Gasteiger charge is -2.25. The second-order valence-electron chi connectivity index (χ2n) is 7.19. The maximum Gasteiger partial charge on any atom is 0.258 e. The highest BCUT2D eigenvalue weighted by Gasteiger charge is 2.39. The lowest BCUT2D eigenvalue weighted by Crippen LogP contribution is -2.39. The number of aromatic nitrogens is 2. The molecule has 8 nitrogen and oxygen atoms in total. The molecule has 0 radical (unpaired) electrons. The van der Waals surface area contributed by atoms with Crippen LogP contribution in [0.1, 0.15) is 58.3 Å². The number of Topliss-reactive ketones (excluding diaryl/α,β-unsaturated/α-hetero) is 1. The maximum atomic E-state index is 13.4. The van der Waals surface area contributed by atoms with Crippen LogP contribution in [0.5, 0.6) is 5.75 Å². The van der Waals surface area contributed by atoms with Gasteiger partial charge in [0, 0.05) is 31.0 Å². The number of aromatic hydroxyl groups is 1. The summed E-state index contributed by atoms with van der Waals surface area (Å²) < 4.78 is 0. The number of likely N-dealkylation sites (N-methyl/N-ethyl adjacent to an activating group) is 1. The van der Waals surface area contributed by atoms with Gasteiger partial charge in [-0.15, -0.1) is 0 Å². The second kappa shape index (κ2) is 7.62. The minimum Gasteiger partial charge on any atom is -0.507 e. The number of aromatic amines is 1. The molecule has 1 atom stereocenters. The van der Waals surface area contributed by atoms with E-state index in [0.717, 1.165) is 11.1 Å². The van der Waals surface area contributed by atoms with Crippen molar-refractivity contribution in [3.05, 3.63) is 58.8 Å². The molecule has 0 saturated carbocycles. The predicted octanol–water partition coefficient (Wildman–Crippen LogP) is 2.69. The van der Waals surface area contributed by atoms with Gasteiger partial charge >= 0.3 is 0 Å². The first-order valence-corrected chi connectivity index (χ1v) is 9.87. The summed E-state index contributed by atoms with van der Waals surface area (Å²) in [6.07, 6.45) is 0.269. The Labute approximate surface area is 172 Å². The van der Waals surface area contributed by atoms with Gasteiger partial charge in [0.2, 0.25) is 5.91 Å². The topological polar surface area (TPSA) is 115 Å². The fraction of sp³-hybridized carbons (Fsp3) is 0.273. The molecule has 30 heavy (non-hydrogen) atoms. The lowest BCUT2D eigenvalue weighted by molar-refractivity contribution is -0.125. The number of hydrogen-bond acceptors (Lipinski definition) is 5. The first-order chi connectivity index (χ1) is 14.5. The summed E-state index contributed by atoms with van der Waals surface area (Å²) in [5.74, 6) is -1.17. The Morgan fingerprint density at radius 1 is 1.23 bits per heavy atom. The van der Waals surface area contributed by atoms with Gasteiger partial charge in [0.25, 0.3) is 5.91 Å². The molecular formula is C22H22N4O4. The average Bonchev–Trinajstić information content (AvgIpc) is 3.33. The number of nitrogens with one attached hydrogen (secondary N) is 2. The van der Waals surface area contributed by atoms with Crippen LogP contribution in [0.25, 0.3) is 10.9 Å². The second-order valence-corrected chi connectivity index (χ2v) is 7.19. The molecule has 1 aromatic heterocycles. The van der Waals surface area contributed by atoms with Crippen molar-refractivity contribution >= 4 is 28.5 Å². The third-order valence-electron chi connectivity index (χ3n) is 5.36. The Kier molecular flexibility index (Phi) is 4.99. The van der Waals surface area contributed by atoms with E-state index in [2.05, 4.69) is 15.5 Å². The molecule has 0 spiro atoms. The molecule has 4 rings (SSSR count). The van der Waals surface area contributed by atoms with Crippen LogP contribution in [0.3, 0.4) is 0 Å². The summed E-state index contributed by atoms with van der Waals surface area (Å²) in [6, 6.07) is 9.47. The van der Waals surface area contributed by atoms with E-state index in [4.69, 9.17) is 0 Å². The number of carbonyl (C=O) groups excluding carboxylic acids is 3. The molecule has 1 aliphatic rings. The summed E-state index contributed by atoms with van der Waals surface area (Å²) in [6.45, 7) is 4.23. The zero-order chi connectivity index (χ0) is 21.4. The monoisotopic (exact) mass is 406 g/mol. The molecule has 0 aliphatic carbocycles. The molecule has 1 aliphatic heterocycles. The van der Waals surface area contributed by atoms with Crippen LogP contribution in [0, 0.1) is 0 Å². The van der Waals surface area contributed by atoms with E-state index in [1.165, 1.54) is 17.0 Å². The van der Waals surface area contributed by atoms with Crippen molar-refractivity contribution in [1.29, 1.82) is 0 Å². The first kappa shape index (κ1) is 19.6. The minimum atomic E-state index is -0.787. The van der Waals surface area contributed by atoms with Crippen molar-refractivity contribution < 1.29 is 19.5 Å². The van der Waals surface area contributed by atoms with Gasteiger partial charge < -0.3 is 15.3 Å². The number of rotatable bonds is 5. The van der Waals surface area contributed by atoms with E-state index in [1.807, 2.05) is 31.2 Å². The number of nitrogens with zero attached hydrogens (tertiary/aromatic N) is 2. The molecule has 1 unspecified atom stereocenters. The fourth-order valence-corrected chi connectivity index (χ4v) is 3.89. The number of phenolic OH excluding ortho intramolecular Hbond substituents is 1. The highest BCUT2D eigenvalue weighted by Crippen LogP contribution is 2.37. The molecule has 2 amide bonds. The summed E-state index contributed by atoms with van der Waals surface area (Å²) in [5, 5.41) is 20.5. The van der Waals surface area contributed by atoms with Gasteiger partial charge in [-0.3, -0.25) is 19.5 Å². The molecule has 0 fully saturated rings. The highest BCUT2D eigenvalue weighted by atomic mass is 16.3. The average molecular weight is 406 g/mol. The number of carbonyl (C=O) groups is 3. The SMILES string of the molecule is CCNC(=O)C1c2ccccc2CN1C(=O)c1cc2c(C(=O)CC)n[nH]c2cc1O. The van der Waals surface area contributed by atoms with Gasteiger partial charge in [-0.2, -0.15) is 5.10 Å². The summed E-state index contributed by atoms with van der Waals surface area (Å²) in [7, 11) is 0. The number of H-pyrrole nitrogens is 1. The predicted molar refractivity (Wildman–Crippen MR) is 110 cm³/mol. The Morgan fingerprint density at radius 3 is 2.73 bits per heavy atom. The number of ketones is 1. The van der Waals surface area contributed by atoms with E-state index >= 15 is 0 Å². The van der Waals surface area contributed by atoms with Gasteiger partial charge in [0.05, 0.1) is 11.1 Å². The lowest BCUT2D eigenvalue weighted by atomic mass is 10.0. The van der Waals surface area contributed by atoms with Crippen LogP contribution in [0.15, 0.2) is 36.4 Å². The number of fused-ring (bicyclic) bond motifs is 2. The number of amides is 2. The Balaban J connectivity index is 1.78. The molecule has 3 N–H and O–H groups in total. The van der Waals surface area contributed by atoms with Gasteiger partial charge in [-0.25, -0.2) is 0 Å². The van der Waals surface area contributed by atoms with Crippen molar-refractivity contribution in [2.45, 2.75) is 32.9 Å². The Bertz CT molecular complexity index is 1170. The normalized spacial score (nSPS) is 15.3. The third-order valence-corrected chi connectivity index (χ3v) is 5.36. The molecular weight excluding hydrogens is 384 g/mol. The largest absolute Gasteiger partial charge is 0.507 e. The van der Waals surface area contributed by atoms with E-state index in [-0.39, 0.29) is 41.7 Å². The molecule has 8 heteroatoms. The smallest absolute Gasteiger partial charge is 0.258 e. The molecule has 0 saturated heterocycles. The van der Waals surface area contributed by atoms with Crippen molar-refractivity contribution in [3.63, 3.8) is 0 Å². The van der Waals surface area contributed by atoms with E-state index in [9.17, 15) is 19.5 Å². The van der Waals surface area contributed by atoms with Crippen LogP contribution in [-0.2, 0) is 11.3 Å². The third kappa shape index (κ3) is 3.10. The van der Waals surface area contributed by atoms with Crippen molar-refractivity contribution in [3.8, 4) is 5.75 Å². The fourth-order valence-electron chi connectivity index (χ4n) is 3.89. The van der Waals surface area contributed by atoms with Crippen LogP contribution >= 0.6 is 0 Å². The minimum absolute atomic E-state index is 0.0242. The summed E-state index contributed by atoms with van der Waals surface area (Å²) in [4.78, 5) is 39.8. The first-order valence-electron chi connectivity index (χ1n) is 9.87. The molecule has 154 valence electrons. The van der Waals surface area contributed by atoms with Gasteiger partial charge in [-0.1, -0.05) is 31.2 Å². The van der Waals surface area contributed by atoms with E-state index < -0.39 is 11.9 Å². The number of phenols is 1. The standard InChI is InChI=1S/C22H22N4O4/c1-3-17(27)19-14-9-15(18(28)10-16(14)24-25-19)22(30)26-11-12-7-5-6-8-13(12)20(26)21(29)23-4-2/h5-10,20,28H,3-4,11H2,1-2H3,(H,23,29)(H,24,25).